The predicted molar refractivity (Wildman–Crippen MR) is 95.0 cm³/mol. The SMILES string of the molecule is CC1=C(C)N(c2ccccc2)C2=C(/C=N\C=C(/C)CC2)CC1. The molecule has 1 aromatic rings. The number of allylic oxidation sites excluding steroid dienone is 5. The first-order valence-corrected chi connectivity index (χ1v) is 8.09. The van der Waals surface area contributed by atoms with Gasteiger partial charge in [0.2, 0.25) is 0 Å². The van der Waals surface area contributed by atoms with Crippen molar-refractivity contribution < 1.29 is 0 Å². The van der Waals surface area contributed by atoms with Gasteiger partial charge in [-0.05, 0) is 64.2 Å². The van der Waals surface area contributed by atoms with Gasteiger partial charge in [0, 0.05) is 29.5 Å². The highest BCUT2D eigenvalue weighted by Gasteiger charge is 2.22. The predicted octanol–water partition coefficient (Wildman–Crippen LogP) is 5.60. The van der Waals surface area contributed by atoms with Crippen LogP contribution in [0.1, 0.15) is 46.5 Å². The van der Waals surface area contributed by atoms with E-state index in [1.54, 1.807) is 0 Å². The summed E-state index contributed by atoms with van der Waals surface area (Å²) in [5.74, 6) is 0. The number of para-hydroxylation sites is 1. The third kappa shape index (κ3) is 2.92. The molecule has 2 aliphatic heterocycles. The maximum atomic E-state index is 4.53. The zero-order valence-electron chi connectivity index (χ0n) is 13.8. The third-order valence-corrected chi connectivity index (χ3v) is 4.66. The lowest BCUT2D eigenvalue weighted by molar-refractivity contribution is 0.855. The Morgan fingerprint density at radius 2 is 1.68 bits per heavy atom. The summed E-state index contributed by atoms with van der Waals surface area (Å²) in [6.07, 6.45) is 8.42. The van der Waals surface area contributed by atoms with E-state index in [2.05, 4.69) is 67.2 Å². The zero-order valence-corrected chi connectivity index (χ0v) is 13.8. The molecule has 0 radical (unpaired) electrons. The molecule has 0 N–H and O–H groups in total. The molecule has 2 heteroatoms. The number of hydrogen-bond acceptors (Lipinski definition) is 2. The molecule has 2 nitrogen and oxygen atoms in total. The maximum absolute atomic E-state index is 4.53. The van der Waals surface area contributed by atoms with Crippen LogP contribution in [-0.4, -0.2) is 6.21 Å². The summed E-state index contributed by atoms with van der Waals surface area (Å²) in [6.45, 7) is 6.67. The summed E-state index contributed by atoms with van der Waals surface area (Å²) in [4.78, 5) is 6.97. The summed E-state index contributed by atoms with van der Waals surface area (Å²) >= 11 is 0. The minimum atomic E-state index is 1.07. The van der Waals surface area contributed by atoms with E-state index in [-0.39, 0.29) is 0 Å². The van der Waals surface area contributed by atoms with Gasteiger partial charge in [0.05, 0.1) is 0 Å². The fraction of sp³-hybridized carbons (Fsp3) is 0.350. The van der Waals surface area contributed by atoms with E-state index >= 15 is 0 Å². The smallest absolute Gasteiger partial charge is 0.0455 e. The second-order valence-corrected chi connectivity index (χ2v) is 6.26. The van der Waals surface area contributed by atoms with E-state index < -0.39 is 0 Å². The number of nitrogens with zero attached hydrogens (tertiary/aromatic N) is 2. The molecule has 0 aliphatic carbocycles. The Morgan fingerprint density at radius 1 is 0.909 bits per heavy atom. The highest BCUT2D eigenvalue weighted by Crippen LogP contribution is 2.35. The average Bonchev–Trinajstić information content (AvgIpc) is 2.63. The molecule has 2 aliphatic rings. The second-order valence-electron chi connectivity index (χ2n) is 6.26. The van der Waals surface area contributed by atoms with Gasteiger partial charge in [-0.15, -0.1) is 0 Å². The first-order chi connectivity index (χ1) is 10.7. The number of benzene rings is 1. The summed E-state index contributed by atoms with van der Waals surface area (Å²) < 4.78 is 0. The van der Waals surface area contributed by atoms with E-state index in [0.717, 1.165) is 25.7 Å². The van der Waals surface area contributed by atoms with Crippen LogP contribution in [0.3, 0.4) is 0 Å². The molecule has 114 valence electrons. The molecule has 22 heavy (non-hydrogen) atoms. The van der Waals surface area contributed by atoms with Gasteiger partial charge in [-0.2, -0.15) is 0 Å². The normalized spacial score (nSPS) is 23.2. The lowest BCUT2D eigenvalue weighted by Gasteiger charge is -2.30. The van der Waals surface area contributed by atoms with Crippen molar-refractivity contribution in [3.63, 3.8) is 0 Å². The van der Waals surface area contributed by atoms with Crippen LogP contribution in [-0.2, 0) is 0 Å². The van der Waals surface area contributed by atoms with Crippen LogP contribution in [0.25, 0.3) is 0 Å². The van der Waals surface area contributed by atoms with Crippen molar-refractivity contribution in [1.29, 1.82) is 0 Å². The Kier molecular flexibility index (Phi) is 4.28. The van der Waals surface area contributed by atoms with Gasteiger partial charge in [0.1, 0.15) is 0 Å². The Hall–Kier alpha value is -2.09. The average molecular weight is 292 g/mol. The molecule has 2 heterocycles. The molecule has 0 atom stereocenters. The van der Waals surface area contributed by atoms with E-state index in [1.165, 1.54) is 33.8 Å². The largest absolute Gasteiger partial charge is 0.318 e. The van der Waals surface area contributed by atoms with Crippen molar-refractivity contribution >= 4 is 11.9 Å². The maximum Gasteiger partial charge on any atom is 0.0455 e. The lowest BCUT2D eigenvalue weighted by Crippen LogP contribution is -2.22. The number of aliphatic imine (C=N–C) groups is 1. The lowest BCUT2D eigenvalue weighted by atomic mass is 10.0. The van der Waals surface area contributed by atoms with Crippen LogP contribution in [0, 0.1) is 0 Å². The highest BCUT2D eigenvalue weighted by molar-refractivity contribution is 5.83. The van der Waals surface area contributed by atoms with E-state index in [1.807, 2.05) is 6.20 Å². The molecule has 0 saturated carbocycles. The summed E-state index contributed by atoms with van der Waals surface area (Å²) in [7, 11) is 0. The topological polar surface area (TPSA) is 15.6 Å². The fourth-order valence-electron chi connectivity index (χ4n) is 3.16. The first kappa shape index (κ1) is 14.8. The van der Waals surface area contributed by atoms with Crippen LogP contribution in [0.5, 0.6) is 0 Å². The van der Waals surface area contributed by atoms with Crippen LogP contribution in [0.2, 0.25) is 0 Å². The second kappa shape index (κ2) is 6.35. The van der Waals surface area contributed by atoms with Crippen molar-refractivity contribution in [1.82, 2.24) is 0 Å². The molecule has 0 unspecified atom stereocenters. The summed E-state index contributed by atoms with van der Waals surface area (Å²) in [6, 6.07) is 10.7. The van der Waals surface area contributed by atoms with Crippen LogP contribution >= 0.6 is 0 Å². The molecular weight excluding hydrogens is 268 g/mol. The molecule has 1 aromatic carbocycles. The van der Waals surface area contributed by atoms with Gasteiger partial charge >= 0.3 is 0 Å². The molecule has 0 bridgehead atoms. The van der Waals surface area contributed by atoms with Crippen LogP contribution in [0.15, 0.2) is 69.6 Å². The standard InChI is InChI=1S/C20H24N2/c1-15-9-12-20-18(14-21-13-15)11-10-16(2)17(3)22(20)19-7-5-4-6-8-19/h4-8,13-14H,9-12H2,1-3H3/b15-13+,21-14-. The van der Waals surface area contributed by atoms with Gasteiger partial charge in [-0.1, -0.05) is 29.3 Å². The molecule has 0 saturated heterocycles. The molecule has 3 rings (SSSR count). The van der Waals surface area contributed by atoms with Gasteiger partial charge < -0.3 is 4.90 Å². The quantitative estimate of drug-likeness (QED) is 0.657. The number of hydrogen-bond donors (Lipinski definition) is 0. The number of rotatable bonds is 1. The molecular formula is C20H24N2. The van der Waals surface area contributed by atoms with Gasteiger partial charge in [-0.25, -0.2) is 0 Å². The van der Waals surface area contributed by atoms with Gasteiger partial charge in [0.15, 0.2) is 0 Å². The molecule has 0 amide bonds. The van der Waals surface area contributed by atoms with Crippen molar-refractivity contribution in [3.05, 3.63) is 64.6 Å². The van der Waals surface area contributed by atoms with E-state index in [9.17, 15) is 0 Å². The molecule has 0 spiro atoms. The Balaban J connectivity index is 2.12. The van der Waals surface area contributed by atoms with E-state index in [4.69, 9.17) is 0 Å². The third-order valence-electron chi connectivity index (χ3n) is 4.66. The monoisotopic (exact) mass is 292 g/mol. The Bertz CT molecular complexity index is 675. The van der Waals surface area contributed by atoms with Crippen molar-refractivity contribution in [2.75, 3.05) is 4.90 Å². The Morgan fingerprint density at radius 3 is 2.45 bits per heavy atom. The van der Waals surface area contributed by atoms with Crippen LogP contribution < -0.4 is 4.90 Å². The van der Waals surface area contributed by atoms with E-state index in [0.29, 0.717) is 0 Å². The van der Waals surface area contributed by atoms with Crippen molar-refractivity contribution in [2.45, 2.75) is 46.5 Å². The fourth-order valence-corrected chi connectivity index (χ4v) is 3.16. The van der Waals surface area contributed by atoms with Crippen molar-refractivity contribution in [2.24, 2.45) is 4.99 Å². The molecule has 0 aromatic heterocycles. The van der Waals surface area contributed by atoms with Crippen molar-refractivity contribution in [3.8, 4) is 0 Å². The van der Waals surface area contributed by atoms with Gasteiger partial charge in [0.25, 0.3) is 0 Å². The summed E-state index contributed by atoms with van der Waals surface area (Å²) in [5, 5.41) is 0. The van der Waals surface area contributed by atoms with Crippen LogP contribution in [0.4, 0.5) is 5.69 Å². The zero-order chi connectivity index (χ0) is 15.5. The molecule has 0 fully saturated rings. The minimum absolute atomic E-state index is 1.07. The minimum Gasteiger partial charge on any atom is -0.318 e. The number of anilines is 1. The Labute approximate surface area is 133 Å². The van der Waals surface area contributed by atoms with Gasteiger partial charge in [-0.3, -0.25) is 4.99 Å². The summed E-state index contributed by atoms with van der Waals surface area (Å²) in [5.41, 5.74) is 8.23. The first-order valence-electron chi connectivity index (χ1n) is 8.09. The highest BCUT2D eigenvalue weighted by atomic mass is 15.2.